The smallest absolute Gasteiger partial charge is 0.269 e. The lowest BCUT2D eigenvalue weighted by Crippen LogP contribution is -2.29. The number of halogens is 2. The summed E-state index contributed by atoms with van der Waals surface area (Å²) >= 11 is 0. The Morgan fingerprint density at radius 3 is 2.63 bits per heavy atom. The molecule has 2 amide bonds. The number of amides is 2. The molecule has 0 aliphatic carbocycles. The van der Waals surface area contributed by atoms with E-state index in [1.807, 2.05) is 0 Å². The quantitative estimate of drug-likeness (QED) is 0.653. The Hall–Kier alpha value is -3.67. The first-order valence-electron chi connectivity index (χ1n) is 8.56. The van der Waals surface area contributed by atoms with Crippen molar-refractivity contribution in [3.8, 4) is 0 Å². The molecule has 2 aromatic carbocycles. The highest BCUT2D eigenvalue weighted by molar-refractivity contribution is 7.90. The van der Waals surface area contributed by atoms with Gasteiger partial charge in [-0.3, -0.25) is 9.59 Å². The minimum absolute atomic E-state index is 0.0746. The topological polar surface area (TPSA) is 114 Å². The second-order valence-corrected chi connectivity index (χ2v) is 8.22. The fourth-order valence-corrected chi connectivity index (χ4v) is 4.49. The summed E-state index contributed by atoms with van der Waals surface area (Å²) in [6.45, 7) is -0.713. The van der Waals surface area contributed by atoms with E-state index >= 15 is 0 Å². The van der Waals surface area contributed by atoms with Crippen molar-refractivity contribution >= 4 is 27.5 Å². The summed E-state index contributed by atoms with van der Waals surface area (Å²) in [6, 6.07) is 8.56. The molecule has 154 valence electrons. The number of sulfonamides is 1. The van der Waals surface area contributed by atoms with Crippen LogP contribution in [0.3, 0.4) is 0 Å². The molecule has 3 aromatic rings. The van der Waals surface area contributed by atoms with E-state index < -0.39 is 33.5 Å². The first-order chi connectivity index (χ1) is 14.3. The summed E-state index contributed by atoms with van der Waals surface area (Å²) in [5.74, 6) is -3.04. The minimum Gasteiger partial charge on any atom is -0.322 e. The van der Waals surface area contributed by atoms with Crippen molar-refractivity contribution in [3.05, 3.63) is 71.6 Å². The number of fused-ring (bicyclic) bond motifs is 1. The molecule has 0 fully saturated rings. The molecule has 1 aromatic heterocycles. The molecule has 0 saturated carbocycles. The summed E-state index contributed by atoms with van der Waals surface area (Å²) in [6.07, 6.45) is 1.30. The summed E-state index contributed by atoms with van der Waals surface area (Å²) in [5.41, 5.74) is 0.0133. The van der Waals surface area contributed by atoms with E-state index in [2.05, 4.69) is 15.6 Å². The van der Waals surface area contributed by atoms with Crippen LogP contribution in [-0.4, -0.2) is 39.5 Å². The zero-order valence-electron chi connectivity index (χ0n) is 15.1. The average Bonchev–Trinajstić information content (AvgIpc) is 3.21. The van der Waals surface area contributed by atoms with Gasteiger partial charge in [0.25, 0.3) is 15.9 Å². The zero-order chi connectivity index (χ0) is 21.5. The molecule has 4 rings (SSSR count). The van der Waals surface area contributed by atoms with Gasteiger partial charge in [-0.2, -0.15) is 0 Å². The second kappa shape index (κ2) is 7.30. The van der Waals surface area contributed by atoms with Gasteiger partial charge in [-0.15, -0.1) is 5.10 Å². The predicted octanol–water partition coefficient (Wildman–Crippen LogP) is 1.54. The monoisotopic (exact) mass is 433 g/mol. The van der Waals surface area contributed by atoms with Crippen molar-refractivity contribution in [2.75, 3.05) is 5.32 Å². The van der Waals surface area contributed by atoms with E-state index in [1.165, 1.54) is 24.4 Å². The number of rotatable bonds is 5. The molecule has 1 aliphatic rings. The Morgan fingerprint density at radius 2 is 1.90 bits per heavy atom. The second-order valence-electron chi connectivity index (χ2n) is 6.39. The van der Waals surface area contributed by atoms with Gasteiger partial charge < -0.3 is 5.32 Å². The van der Waals surface area contributed by atoms with Crippen LogP contribution in [-0.2, 0) is 27.9 Å². The summed E-state index contributed by atoms with van der Waals surface area (Å²) in [5, 5.41) is 9.77. The Balaban J connectivity index is 1.45. The third kappa shape index (κ3) is 3.52. The Morgan fingerprint density at radius 1 is 1.13 bits per heavy atom. The molecule has 0 atom stereocenters. The van der Waals surface area contributed by atoms with Crippen molar-refractivity contribution in [1.29, 1.82) is 0 Å². The number of carbonyl (C=O) groups excluding carboxylic acids is 2. The highest BCUT2D eigenvalue weighted by Gasteiger charge is 2.41. The lowest BCUT2D eigenvalue weighted by molar-refractivity contribution is -0.117. The Kier molecular flexibility index (Phi) is 4.78. The molecule has 0 unspecified atom stereocenters. The normalized spacial score (nSPS) is 14.6. The maximum Gasteiger partial charge on any atom is 0.269 e. The molecule has 30 heavy (non-hydrogen) atoms. The van der Waals surface area contributed by atoms with Crippen molar-refractivity contribution in [1.82, 2.24) is 19.3 Å². The fourth-order valence-electron chi connectivity index (χ4n) is 2.95. The third-order valence-corrected chi connectivity index (χ3v) is 6.10. The van der Waals surface area contributed by atoms with Gasteiger partial charge >= 0.3 is 0 Å². The van der Waals surface area contributed by atoms with Gasteiger partial charge in [0, 0.05) is 6.07 Å². The van der Waals surface area contributed by atoms with E-state index in [1.54, 1.807) is 6.07 Å². The van der Waals surface area contributed by atoms with Crippen LogP contribution in [0.15, 0.2) is 53.6 Å². The van der Waals surface area contributed by atoms with Gasteiger partial charge in [0.2, 0.25) is 5.91 Å². The van der Waals surface area contributed by atoms with Crippen LogP contribution in [0.1, 0.15) is 16.1 Å². The number of carbonyl (C=O) groups is 2. The number of nitrogens with zero attached hydrogens (tertiary/aromatic N) is 4. The molecule has 12 heteroatoms. The van der Waals surface area contributed by atoms with Gasteiger partial charge in [-0.25, -0.2) is 26.2 Å². The molecule has 1 aliphatic heterocycles. The maximum absolute atomic E-state index is 13.6. The predicted molar refractivity (Wildman–Crippen MR) is 98.5 cm³/mol. The first-order valence-corrected chi connectivity index (χ1v) is 10.00. The van der Waals surface area contributed by atoms with Gasteiger partial charge in [0.15, 0.2) is 0 Å². The Labute approximate surface area is 169 Å². The summed E-state index contributed by atoms with van der Waals surface area (Å²) < 4.78 is 53.5. The van der Waals surface area contributed by atoms with Crippen LogP contribution in [0.2, 0.25) is 0 Å². The Bertz CT molecular complexity index is 1280. The number of anilines is 1. The summed E-state index contributed by atoms with van der Waals surface area (Å²) in [4.78, 5) is 24.4. The molecule has 2 heterocycles. The van der Waals surface area contributed by atoms with E-state index in [-0.39, 0.29) is 34.9 Å². The average molecular weight is 433 g/mol. The van der Waals surface area contributed by atoms with Gasteiger partial charge in [-0.05, 0) is 24.3 Å². The fraction of sp³-hybridized carbons (Fsp3) is 0.111. The molecular weight excluding hydrogens is 420 g/mol. The van der Waals surface area contributed by atoms with Crippen molar-refractivity contribution < 1.29 is 26.8 Å². The van der Waals surface area contributed by atoms with Crippen LogP contribution >= 0.6 is 0 Å². The van der Waals surface area contributed by atoms with Crippen molar-refractivity contribution in [2.45, 2.75) is 18.0 Å². The number of aromatic nitrogens is 3. The highest BCUT2D eigenvalue weighted by atomic mass is 32.2. The highest BCUT2D eigenvalue weighted by Crippen LogP contribution is 2.30. The number of hydrogen-bond donors (Lipinski definition) is 1. The molecular formula is C18H13F2N5O4S. The number of benzene rings is 2. The van der Waals surface area contributed by atoms with Crippen LogP contribution in [0.4, 0.5) is 14.5 Å². The minimum atomic E-state index is -4.00. The van der Waals surface area contributed by atoms with E-state index in [0.29, 0.717) is 10.4 Å². The van der Waals surface area contributed by atoms with Crippen molar-refractivity contribution in [3.63, 3.8) is 0 Å². The van der Waals surface area contributed by atoms with E-state index in [0.717, 1.165) is 16.8 Å². The zero-order valence-corrected chi connectivity index (χ0v) is 15.9. The molecule has 1 N–H and O–H groups in total. The first kappa shape index (κ1) is 19.6. The molecule has 9 nitrogen and oxygen atoms in total. The standard InChI is InChI=1S/C18H13F2N5O4S/c19-11-5-6-15(14(20)7-11)21-17(26)10-24-8-12(22-23-24)9-25-18(27)13-3-1-2-4-16(13)30(25,28)29/h1-8H,9-10H2,(H,21,26). The number of nitrogens with one attached hydrogen (secondary N) is 1. The van der Waals surface area contributed by atoms with Gasteiger partial charge in [-0.1, -0.05) is 17.3 Å². The third-order valence-electron chi connectivity index (χ3n) is 4.31. The van der Waals surface area contributed by atoms with Gasteiger partial charge in [0.05, 0.1) is 24.0 Å². The van der Waals surface area contributed by atoms with Crippen molar-refractivity contribution in [2.24, 2.45) is 0 Å². The van der Waals surface area contributed by atoms with Crippen LogP contribution in [0.25, 0.3) is 0 Å². The SMILES string of the molecule is O=C(Cn1cc(CN2C(=O)c3ccccc3S2(=O)=O)nn1)Nc1ccc(F)cc1F. The van der Waals surface area contributed by atoms with Crippen LogP contribution < -0.4 is 5.32 Å². The molecule has 0 radical (unpaired) electrons. The summed E-state index contributed by atoms with van der Waals surface area (Å²) in [7, 11) is -4.00. The molecule has 0 saturated heterocycles. The van der Waals surface area contributed by atoms with E-state index in [9.17, 15) is 26.8 Å². The lowest BCUT2D eigenvalue weighted by atomic mass is 10.2. The lowest BCUT2D eigenvalue weighted by Gasteiger charge is -2.12. The van der Waals surface area contributed by atoms with Crippen LogP contribution in [0, 0.1) is 11.6 Å². The number of hydrogen-bond acceptors (Lipinski definition) is 6. The van der Waals surface area contributed by atoms with Crippen LogP contribution in [0.5, 0.6) is 0 Å². The van der Waals surface area contributed by atoms with Gasteiger partial charge in [0.1, 0.15) is 28.8 Å². The molecule has 0 spiro atoms. The maximum atomic E-state index is 13.6. The largest absolute Gasteiger partial charge is 0.322 e. The molecule has 0 bridgehead atoms. The van der Waals surface area contributed by atoms with E-state index in [4.69, 9.17) is 0 Å².